The minimum absolute atomic E-state index is 0.295. The molecule has 3 rings (SSSR count). The number of aromatic nitrogens is 1. The molecule has 0 saturated heterocycles. The fraction of sp³-hybridized carbons (Fsp3) is 0.125. The largest absolute Gasteiger partial charge is 0.268 e. The van der Waals surface area contributed by atoms with Gasteiger partial charge in [-0.15, -0.1) is 0 Å². The molecular weight excluding hydrogens is 270 g/mol. The lowest BCUT2D eigenvalue weighted by Gasteiger charge is -2.07. The number of rotatable bonds is 2. The van der Waals surface area contributed by atoms with E-state index < -0.39 is 10.0 Å². The summed E-state index contributed by atoms with van der Waals surface area (Å²) < 4.78 is 26.8. The average Bonchev–Trinajstić information content (AvgIpc) is 2.78. The standard InChI is InChI=1S/C16H14NO2S/c1-12-7-9-14(10-8-12)20(18,19)17-11-13(2)15-5-3-4-6-16(15)17/h3-4,6-11H,1-2H3. The molecule has 0 unspecified atom stereocenters. The van der Waals surface area contributed by atoms with Crippen molar-refractivity contribution < 1.29 is 8.42 Å². The molecule has 0 spiro atoms. The fourth-order valence-corrected chi connectivity index (χ4v) is 3.68. The SMILES string of the molecule is Cc1ccc(S(=O)(=O)n2cc(C)c3[c]cccc32)cc1. The van der Waals surface area contributed by atoms with Crippen LogP contribution in [0.15, 0.2) is 53.6 Å². The number of aryl methyl sites for hydroxylation is 2. The highest BCUT2D eigenvalue weighted by Crippen LogP contribution is 2.25. The van der Waals surface area contributed by atoms with Gasteiger partial charge in [0.1, 0.15) is 0 Å². The van der Waals surface area contributed by atoms with E-state index >= 15 is 0 Å². The van der Waals surface area contributed by atoms with Gasteiger partial charge in [-0.1, -0.05) is 29.8 Å². The van der Waals surface area contributed by atoms with E-state index in [-0.39, 0.29) is 0 Å². The van der Waals surface area contributed by atoms with Crippen molar-refractivity contribution in [2.24, 2.45) is 0 Å². The third-order valence-corrected chi connectivity index (χ3v) is 5.04. The Morgan fingerprint density at radius 2 is 1.75 bits per heavy atom. The predicted molar refractivity (Wildman–Crippen MR) is 79.3 cm³/mol. The van der Waals surface area contributed by atoms with E-state index in [0.29, 0.717) is 10.4 Å². The van der Waals surface area contributed by atoms with Crippen LogP contribution in [0.2, 0.25) is 0 Å². The summed E-state index contributed by atoms with van der Waals surface area (Å²) in [6.45, 7) is 3.82. The molecule has 3 aromatic rings. The lowest BCUT2D eigenvalue weighted by Crippen LogP contribution is -2.11. The molecule has 0 aliphatic rings. The first kappa shape index (κ1) is 12.9. The van der Waals surface area contributed by atoms with Gasteiger partial charge in [-0.25, -0.2) is 12.4 Å². The van der Waals surface area contributed by atoms with E-state index in [2.05, 4.69) is 6.07 Å². The molecule has 0 bridgehead atoms. The van der Waals surface area contributed by atoms with Crippen molar-refractivity contribution in [3.05, 3.63) is 65.9 Å². The van der Waals surface area contributed by atoms with Crippen molar-refractivity contribution in [2.75, 3.05) is 0 Å². The average molecular weight is 284 g/mol. The van der Waals surface area contributed by atoms with Crippen molar-refractivity contribution in [2.45, 2.75) is 18.7 Å². The molecule has 1 heterocycles. The third-order valence-electron chi connectivity index (χ3n) is 3.35. The Hall–Kier alpha value is -2.07. The predicted octanol–water partition coefficient (Wildman–Crippen LogP) is 3.30. The summed E-state index contributed by atoms with van der Waals surface area (Å²) >= 11 is 0. The Morgan fingerprint density at radius 1 is 1.05 bits per heavy atom. The summed E-state index contributed by atoms with van der Waals surface area (Å²) in [6.07, 6.45) is 1.65. The maximum Gasteiger partial charge on any atom is 0.268 e. The molecule has 101 valence electrons. The molecule has 2 aromatic carbocycles. The molecule has 4 heteroatoms. The third kappa shape index (κ3) is 1.93. The van der Waals surface area contributed by atoms with Gasteiger partial charge < -0.3 is 0 Å². The summed E-state index contributed by atoms with van der Waals surface area (Å²) in [5, 5.41) is 0.836. The first-order chi connectivity index (χ1) is 9.50. The zero-order valence-corrected chi connectivity index (χ0v) is 12.1. The normalized spacial score (nSPS) is 11.9. The van der Waals surface area contributed by atoms with Crippen LogP contribution in [-0.4, -0.2) is 12.4 Å². The molecule has 0 fully saturated rings. The maximum absolute atomic E-state index is 12.7. The summed E-state index contributed by atoms with van der Waals surface area (Å²) in [5.74, 6) is 0. The van der Waals surface area contributed by atoms with Crippen LogP contribution in [0.3, 0.4) is 0 Å². The van der Waals surface area contributed by atoms with E-state index in [0.717, 1.165) is 16.5 Å². The van der Waals surface area contributed by atoms with Crippen LogP contribution in [0, 0.1) is 19.9 Å². The number of hydrogen-bond acceptors (Lipinski definition) is 2. The Morgan fingerprint density at radius 3 is 2.45 bits per heavy atom. The molecule has 0 aliphatic carbocycles. The van der Waals surface area contributed by atoms with Gasteiger partial charge in [0, 0.05) is 11.6 Å². The topological polar surface area (TPSA) is 39.1 Å². The minimum atomic E-state index is -3.56. The molecule has 3 nitrogen and oxygen atoms in total. The number of benzene rings is 2. The highest BCUT2D eigenvalue weighted by atomic mass is 32.2. The van der Waals surface area contributed by atoms with Gasteiger partial charge in [0.25, 0.3) is 10.0 Å². The van der Waals surface area contributed by atoms with Crippen molar-refractivity contribution in [3.8, 4) is 0 Å². The van der Waals surface area contributed by atoms with Gasteiger partial charge in [0.15, 0.2) is 0 Å². The summed E-state index contributed by atoms with van der Waals surface area (Å²) in [5.41, 5.74) is 2.59. The van der Waals surface area contributed by atoms with E-state index in [4.69, 9.17) is 0 Å². The second kappa shape index (κ2) is 4.49. The highest BCUT2D eigenvalue weighted by molar-refractivity contribution is 7.90. The number of nitrogens with zero attached hydrogens (tertiary/aromatic N) is 1. The number of fused-ring (bicyclic) bond motifs is 1. The Kier molecular flexibility index (Phi) is 2.91. The first-order valence-electron chi connectivity index (χ1n) is 6.31. The van der Waals surface area contributed by atoms with Crippen molar-refractivity contribution in [1.29, 1.82) is 0 Å². The molecule has 0 N–H and O–H groups in total. The van der Waals surface area contributed by atoms with E-state index in [9.17, 15) is 8.42 Å². The first-order valence-corrected chi connectivity index (χ1v) is 7.75. The molecule has 0 amide bonds. The van der Waals surface area contributed by atoms with Gasteiger partial charge in [0.05, 0.1) is 10.4 Å². The molecular formula is C16H14NO2S. The molecule has 1 radical (unpaired) electrons. The van der Waals surface area contributed by atoms with Crippen LogP contribution >= 0.6 is 0 Å². The molecule has 0 saturated carbocycles. The highest BCUT2D eigenvalue weighted by Gasteiger charge is 2.19. The maximum atomic E-state index is 12.7. The Labute approximate surface area is 118 Å². The van der Waals surface area contributed by atoms with Gasteiger partial charge in [0.2, 0.25) is 0 Å². The van der Waals surface area contributed by atoms with Crippen LogP contribution in [-0.2, 0) is 10.0 Å². The number of hydrogen-bond donors (Lipinski definition) is 0. The van der Waals surface area contributed by atoms with Crippen molar-refractivity contribution >= 4 is 20.9 Å². The van der Waals surface area contributed by atoms with E-state index in [1.807, 2.05) is 13.8 Å². The van der Waals surface area contributed by atoms with Crippen molar-refractivity contribution in [1.82, 2.24) is 3.97 Å². The molecule has 20 heavy (non-hydrogen) atoms. The van der Waals surface area contributed by atoms with Gasteiger partial charge in [-0.05, 0) is 43.7 Å². The van der Waals surface area contributed by atoms with E-state index in [1.54, 1.807) is 48.7 Å². The monoisotopic (exact) mass is 284 g/mol. The molecule has 0 aliphatic heterocycles. The lowest BCUT2D eigenvalue weighted by molar-refractivity contribution is 0.589. The zero-order valence-electron chi connectivity index (χ0n) is 11.3. The summed E-state index contributed by atoms with van der Waals surface area (Å²) in [6, 6.07) is 15.3. The lowest BCUT2D eigenvalue weighted by atomic mass is 10.2. The minimum Gasteiger partial charge on any atom is -0.241 e. The Balaban J connectivity index is 2.27. The van der Waals surface area contributed by atoms with Crippen LogP contribution < -0.4 is 0 Å². The zero-order chi connectivity index (χ0) is 14.3. The van der Waals surface area contributed by atoms with Crippen molar-refractivity contribution in [3.63, 3.8) is 0 Å². The van der Waals surface area contributed by atoms with Gasteiger partial charge in [-0.2, -0.15) is 0 Å². The van der Waals surface area contributed by atoms with Crippen LogP contribution in [0.1, 0.15) is 11.1 Å². The molecule has 1 aromatic heterocycles. The summed E-state index contributed by atoms with van der Waals surface area (Å²) in [7, 11) is -3.56. The fourth-order valence-electron chi connectivity index (χ4n) is 2.26. The van der Waals surface area contributed by atoms with Crippen LogP contribution in [0.25, 0.3) is 10.9 Å². The molecule has 0 atom stereocenters. The smallest absolute Gasteiger partial charge is 0.241 e. The Bertz CT molecular complexity index is 874. The van der Waals surface area contributed by atoms with Gasteiger partial charge >= 0.3 is 0 Å². The quantitative estimate of drug-likeness (QED) is 0.724. The van der Waals surface area contributed by atoms with Gasteiger partial charge in [-0.3, -0.25) is 0 Å². The second-order valence-electron chi connectivity index (χ2n) is 4.86. The van der Waals surface area contributed by atoms with Crippen LogP contribution in [0.5, 0.6) is 0 Å². The summed E-state index contributed by atoms with van der Waals surface area (Å²) in [4.78, 5) is 0.295. The second-order valence-corrected chi connectivity index (χ2v) is 6.67. The van der Waals surface area contributed by atoms with E-state index in [1.165, 1.54) is 3.97 Å². The van der Waals surface area contributed by atoms with Crippen LogP contribution in [0.4, 0.5) is 0 Å².